The van der Waals surface area contributed by atoms with Gasteiger partial charge >= 0.3 is 0 Å². The van der Waals surface area contributed by atoms with Crippen molar-refractivity contribution in [2.24, 2.45) is 11.8 Å². The van der Waals surface area contributed by atoms with Crippen molar-refractivity contribution in [3.05, 3.63) is 35.4 Å². The van der Waals surface area contributed by atoms with E-state index in [0.29, 0.717) is 6.54 Å². The molecule has 0 radical (unpaired) electrons. The summed E-state index contributed by atoms with van der Waals surface area (Å²) in [5.74, 6) is -0.529. The lowest BCUT2D eigenvalue weighted by Crippen LogP contribution is -2.35. The van der Waals surface area contributed by atoms with Gasteiger partial charge in [-0.3, -0.25) is 24.2 Å². The Labute approximate surface area is 179 Å². The van der Waals surface area contributed by atoms with Crippen molar-refractivity contribution in [1.82, 2.24) is 15.1 Å². The van der Waals surface area contributed by atoms with Crippen LogP contribution in [0.5, 0.6) is 0 Å². The van der Waals surface area contributed by atoms with Gasteiger partial charge in [-0.15, -0.1) is 0 Å². The van der Waals surface area contributed by atoms with Gasteiger partial charge in [-0.05, 0) is 49.9 Å². The minimum Gasteiger partial charge on any atom is -0.352 e. The molecule has 3 fully saturated rings. The lowest BCUT2D eigenvalue weighted by Gasteiger charge is -2.27. The number of nitrogens with one attached hydrogen (secondary N) is 1. The van der Waals surface area contributed by atoms with Crippen LogP contribution in [-0.2, 0) is 27.5 Å². The first-order valence-corrected chi connectivity index (χ1v) is 11.5. The lowest BCUT2D eigenvalue weighted by molar-refractivity contribution is -0.140. The molecule has 2 aliphatic heterocycles. The first-order chi connectivity index (χ1) is 14.6. The number of fused-ring (bicyclic) bond motifs is 1. The molecule has 2 atom stereocenters. The number of hydrogen-bond acceptors (Lipinski definition) is 4. The van der Waals surface area contributed by atoms with Crippen LogP contribution in [0.25, 0.3) is 0 Å². The monoisotopic (exact) mass is 411 g/mol. The topological polar surface area (TPSA) is 69.7 Å². The number of nitrogens with zero attached hydrogens (tertiary/aromatic N) is 2. The zero-order chi connectivity index (χ0) is 20.9. The van der Waals surface area contributed by atoms with Gasteiger partial charge < -0.3 is 5.32 Å². The number of amides is 3. The van der Waals surface area contributed by atoms with E-state index in [9.17, 15) is 14.4 Å². The van der Waals surface area contributed by atoms with E-state index < -0.39 is 0 Å². The molecular weight excluding hydrogens is 378 g/mol. The maximum absolute atomic E-state index is 12.5. The van der Waals surface area contributed by atoms with Crippen LogP contribution in [0.1, 0.15) is 62.5 Å². The van der Waals surface area contributed by atoms with Gasteiger partial charge in [0, 0.05) is 26.1 Å². The zero-order valence-electron chi connectivity index (χ0n) is 17.8. The number of hydrogen-bond donors (Lipinski definition) is 1. The molecule has 1 aromatic rings. The highest BCUT2D eigenvalue weighted by molar-refractivity contribution is 6.05. The van der Waals surface area contributed by atoms with Gasteiger partial charge in [0.2, 0.25) is 17.7 Å². The zero-order valence-corrected chi connectivity index (χ0v) is 17.8. The molecule has 0 aromatic heterocycles. The second kappa shape index (κ2) is 9.73. The number of likely N-dealkylation sites (tertiary alicyclic amines) is 2. The highest BCUT2D eigenvalue weighted by Gasteiger charge is 2.47. The largest absolute Gasteiger partial charge is 0.352 e. The number of piperidine rings is 1. The van der Waals surface area contributed by atoms with Crippen LogP contribution in [0.4, 0.5) is 0 Å². The van der Waals surface area contributed by atoms with Gasteiger partial charge in [-0.25, -0.2) is 0 Å². The number of carbonyl (C=O) groups excluding carboxylic acids is 3. The van der Waals surface area contributed by atoms with E-state index in [1.807, 2.05) is 6.07 Å². The quantitative estimate of drug-likeness (QED) is 0.701. The van der Waals surface area contributed by atoms with Crippen LogP contribution in [0, 0.1) is 11.8 Å². The molecule has 6 nitrogen and oxygen atoms in total. The molecule has 1 saturated carbocycles. The lowest BCUT2D eigenvalue weighted by atomic mass is 9.81. The summed E-state index contributed by atoms with van der Waals surface area (Å²) >= 11 is 0. The first kappa shape index (κ1) is 21.0. The average Bonchev–Trinajstić information content (AvgIpc) is 3.02. The van der Waals surface area contributed by atoms with Crippen molar-refractivity contribution in [2.45, 2.75) is 64.5 Å². The van der Waals surface area contributed by atoms with Crippen LogP contribution in [0.2, 0.25) is 0 Å². The Bertz CT molecular complexity index is 764. The molecule has 0 bridgehead atoms. The van der Waals surface area contributed by atoms with E-state index >= 15 is 0 Å². The Morgan fingerprint density at radius 1 is 0.900 bits per heavy atom. The maximum atomic E-state index is 12.5. The Balaban J connectivity index is 1.27. The van der Waals surface area contributed by atoms with Gasteiger partial charge in [0.1, 0.15) is 0 Å². The molecule has 1 aliphatic carbocycles. The summed E-state index contributed by atoms with van der Waals surface area (Å²) in [7, 11) is 0. The van der Waals surface area contributed by atoms with E-state index in [2.05, 4.69) is 28.4 Å². The molecule has 2 saturated heterocycles. The molecule has 6 heteroatoms. The van der Waals surface area contributed by atoms with Crippen LogP contribution in [-0.4, -0.2) is 47.2 Å². The second-order valence-corrected chi connectivity index (χ2v) is 8.96. The van der Waals surface area contributed by atoms with Crippen LogP contribution >= 0.6 is 0 Å². The van der Waals surface area contributed by atoms with Crippen molar-refractivity contribution < 1.29 is 14.4 Å². The molecule has 0 spiro atoms. The van der Waals surface area contributed by atoms with Crippen molar-refractivity contribution in [1.29, 1.82) is 0 Å². The fourth-order valence-corrected chi connectivity index (χ4v) is 5.19. The number of benzene rings is 1. The van der Waals surface area contributed by atoms with E-state index in [1.165, 1.54) is 29.7 Å². The van der Waals surface area contributed by atoms with Gasteiger partial charge in [-0.1, -0.05) is 43.5 Å². The Hall–Kier alpha value is -2.21. The third-order valence-electron chi connectivity index (χ3n) is 6.93. The van der Waals surface area contributed by atoms with Crippen LogP contribution in [0.3, 0.4) is 0 Å². The van der Waals surface area contributed by atoms with Crippen molar-refractivity contribution in [3.63, 3.8) is 0 Å². The Morgan fingerprint density at radius 3 is 2.20 bits per heavy atom. The number of imide groups is 1. The molecule has 3 aliphatic rings. The summed E-state index contributed by atoms with van der Waals surface area (Å²) in [6.45, 7) is 3.88. The summed E-state index contributed by atoms with van der Waals surface area (Å²) in [5, 5.41) is 2.99. The van der Waals surface area contributed by atoms with Crippen LogP contribution < -0.4 is 5.32 Å². The first-order valence-electron chi connectivity index (χ1n) is 11.5. The van der Waals surface area contributed by atoms with Crippen LogP contribution in [0.15, 0.2) is 24.3 Å². The fourth-order valence-electron chi connectivity index (χ4n) is 5.19. The summed E-state index contributed by atoms with van der Waals surface area (Å²) in [5.41, 5.74) is 2.39. The van der Waals surface area contributed by atoms with Gasteiger partial charge in [0.15, 0.2) is 0 Å². The second-order valence-electron chi connectivity index (χ2n) is 8.96. The standard InChI is InChI=1S/C24H33N3O3/c28-22(12-15-27-23(29)20-10-4-5-11-21(20)24(27)30)25-16-18-8-2-3-9-19(18)17-26-13-6-1-7-14-26/h2-3,8-9,20-21H,1,4-7,10-17H2,(H,25,28)/t20-,21+. The summed E-state index contributed by atoms with van der Waals surface area (Å²) in [6.07, 6.45) is 7.67. The minimum absolute atomic E-state index is 0.0654. The molecule has 2 heterocycles. The third kappa shape index (κ3) is 4.75. The van der Waals surface area contributed by atoms with Crippen molar-refractivity contribution in [2.75, 3.05) is 19.6 Å². The molecule has 30 heavy (non-hydrogen) atoms. The predicted molar refractivity (Wildman–Crippen MR) is 114 cm³/mol. The molecular formula is C24H33N3O3. The van der Waals surface area contributed by atoms with E-state index in [1.54, 1.807) is 0 Å². The van der Waals surface area contributed by atoms with Gasteiger partial charge in [0.25, 0.3) is 0 Å². The number of carbonyl (C=O) groups is 3. The SMILES string of the molecule is O=C(CCN1C(=O)[C@H]2CCCC[C@H]2C1=O)NCc1ccccc1CN1CCCCC1. The van der Waals surface area contributed by atoms with E-state index in [0.717, 1.165) is 50.9 Å². The van der Waals surface area contributed by atoms with E-state index in [4.69, 9.17) is 0 Å². The predicted octanol–water partition coefficient (Wildman–Crippen LogP) is 2.85. The highest BCUT2D eigenvalue weighted by atomic mass is 16.2. The van der Waals surface area contributed by atoms with E-state index in [-0.39, 0.29) is 42.5 Å². The molecule has 3 amide bonds. The average molecular weight is 412 g/mol. The molecule has 0 unspecified atom stereocenters. The highest BCUT2D eigenvalue weighted by Crippen LogP contribution is 2.37. The molecule has 1 N–H and O–H groups in total. The van der Waals surface area contributed by atoms with Crippen molar-refractivity contribution in [3.8, 4) is 0 Å². The Morgan fingerprint density at radius 2 is 1.53 bits per heavy atom. The maximum Gasteiger partial charge on any atom is 0.233 e. The molecule has 1 aromatic carbocycles. The Kier molecular flexibility index (Phi) is 6.82. The summed E-state index contributed by atoms with van der Waals surface area (Å²) < 4.78 is 0. The fraction of sp³-hybridized carbons (Fsp3) is 0.625. The smallest absolute Gasteiger partial charge is 0.233 e. The normalized spacial score (nSPS) is 24.7. The van der Waals surface area contributed by atoms with Gasteiger partial charge in [-0.2, -0.15) is 0 Å². The molecule has 162 valence electrons. The van der Waals surface area contributed by atoms with Gasteiger partial charge in [0.05, 0.1) is 11.8 Å². The summed E-state index contributed by atoms with van der Waals surface area (Å²) in [4.78, 5) is 41.3. The summed E-state index contributed by atoms with van der Waals surface area (Å²) in [6, 6.07) is 8.26. The molecule has 4 rings (SSSR count). The number of rotatable bonds is 7. The van der Waals surface area contributed by atoms with Crippen molar-refractivity contribution >= 4 is 17.7 Å². The third-order valence-corrected chi connectivity index (χ3v) is 6.93. The minimum atomic E-state index is -0.143.